The maximum Gasteiger partial charge on any atom is 0.124 e. The average Bonchev–Trinajstić information content (AvgIpc) is 2.30. The van der Waals surface area contributed by atoms with Crippen molar-refractivity contribution in [1.82, 2.24) is 0 Å². The van der Waals surface area contributed by atoms with E-state index in [0.29, 0.717) is 0 Å². The second-order valence-corrected chi connectivity index (χ2v) is 5.33. The molecule has 1 unspecified atom stereocenters. The molecule has 3 heteroatoms. The molecule has 2 nitrogen and oxygen atoms in total. The van der Waals surface area contributed by atoms with Crippen molar-refractivity contribution in [3.05, 3.63) is 29.8 Å². The van der Waals surface area contributed by atoms with Gasteiger partial charge in [0.1, 0.15) is 5.75 Å². The number of fused-ring (bicyclic) bond motifs is 1. The molecular formula is C13H19NOS. The van der Waals surface area contributed by atoms with Crippen molar-refractivity contribution in [3.63, 3.8) is 0 Å². The Balaban J connectivity index is 2.16. The van der Waals surface area contributed by atoms with Crippen molar-refractivity contribution < 1.29 is 4.74 Å². The normalized spacial score (nSPS) is 23.6. The Morgan fingerprint density at radius 2 is 2.25 bits per heavy atom. The van der Waals surface area contributed by atoms with E-state index in [1.807, 2.05) is 30.0 Å². The van der Waals surface area contributed by atoms with Crippen molar-refractivity contribution in [2.75, 3.05) is 18.6 Å². The van der Waals surface area contributed by atoms with Crippen LogP contribution >= 0.6 is 11.8 Å². The van der Waals surface area contributed by atoms with Gasteiger partial charge < -0.3 is 10.5 Å². The van der Waals surface area contributed by atoms with Gasteiger partial charge in [0.2, 0.25) is 0 Å². The minimum Gasteiger partial charge on any atom is -0.493 e. The van der Waals surface area contributed by atoms with Crippen molar-refractivity contribution in [1.29, 1.82) is 0 Å². The first-order chi connectivity index (χ1) is 7.76. The van der Waals surface area contributed by atoms with Crippen LogP contribution in [0.15, 0.2) is 24.3 Å². The van der Waals surface area contributed by atoms with Gasteiger partial charge in [0.05, 0.1) is 6.61 Å². The third-order valence-electron chi connectivity index (χ3n) is 3.20. The van der Waals surface area contributed by atoms with E-state index in [0.717, 1.165) is 25.2 Å². The molecule has 2 N–H and O–H groups in total. The van der Waals surface area contributed by atoms with Crippen molar-refractivity contribution in [2.45, 2.75) is 24.8 Å². The van der Waals surface area contributed by atoms with E-state index in [9.17, 15) is 0 Å². The molecule has 0 amide bonds. The van der Waals surface area contributed by atoms with Crippen LogP contribution in [-0.4, -0.2) is 18.6 Å². The fraction of sp³-hybridized carbons (Fsp3) is 0.538. The third kappa shape index (κ3) is 2.36. The van der Waals surface area contributed by atoms with Gasteiger partial charge in [0, 0.05) is 17.5 Å². The molecule has 0 bridgehead atoms. The minimum absolute atomic E-state index is 0.176. The maximum atomic E-state index is 6.52. The number of ether oxygens (including phenoxy) is 1. The van der Waals surface area contributed by atoms with Crippen molar-refractivity contribution in [2.24, 2.45) is 5.73 Å². The summed E-state index contributed by atoms with van der Waals surface area (Å²) in [6, 6.07) is 8.18. The smallest absolute Gasteiger partial charge is 0.124 e. The first-order valence-corrected chi connectivity index (χ1v) is 7.16. The van der Waals surface area contributed by atoms with Crippen LogP contribution in [0.1, 0.15) is 24.8 Å². The first-order valence-electron chi connectivity index (χ1n) is 5.76. The molecule has 0 saturated heterocycles. The highest BCUT2D eigenvalue weighted by Gasteiger charge is 2.32. The van der Waals surface area contributed by atoms with Gasteiger partial charge in [-0.2, -0.15) is 11.8 Å². The molecule has 0 aliphatic carbocycles. The van der Waals surface area contributed by atoms with E-state index < -0.39 is 0 Å². The van der Waals surface area contributed by atoms with E-state index in [1.54, 1.807) is 0 Å². The van der Waals surface area contributed by atoms with Crippen LogP contribution in [0.5, 0.6) is 5.75 Å². The number of hydrogen-bond donors (Lipinski definition) is 1. The van der Waals surface area contributed by atoms with E-state index in [2.05, 4.69) is 12.3 Å². The summed E-state index contributed by atoms with van der Waals surface area (Å²) in [6.07, 6.45) is 5.29. The summed E-state index contributed by atoms with van der Waals surface area (Å²) in [5, 5.41) is 0. The number of para-hydroxylation sites is 1. The highest BCUT2D eigenvalue weighted by Crippen LogP contribution is 2.37. The molecule has 0 saturated carbocycles. The van der Waals surface area contributed by atoms with Crippen LogP contribution in [0, 0.1) is 0 Å². The molecule has 0 fully saturated rings. The molecule has 2 rings (SSSR count). The molecule has 0 radical (unpaired) electrons. The largest absolute Gasteiger partial charge is 0.493 e. The van der Waals surface area contributed by atoms with Crippen molar-refractivity contribution >= 4 is 11.8 Å². The Morgan fingerprint density at radius 3 is 3.06 bits per heavy atom. The summed E-state index contributed by atoms with van der Waals surface area (Å²) < 4.78 is 5.64. The van der Waals surface area contributed by atoms with Gasteiger partial charge in [0.25, 0.3) is 0 Å². The highest BCUT2D eigenvalue weighted by atomic mass is 32.2. The molecule has 88 valence electrons. The maximum absolute atomic E-state index is 6.52. The summed E-state index contributed by atoms with van der Waals surface area (Å²) in [6.45, 7) is 0.743. The monoisotopic (exact) mass is 237 g/mol. The molecule has 1 aliphatic rings. The Hall–Kier alpha value is -0.670. The van der Waals surface area contributed by atoms with Crippen LogP contribution in [0.3, 0.4) is 0 Å². The van der Waals surface area contributed by atoms with E-state index in [4.69, 9.17) is 10.5 Å². The van der Waals surface area contributed by atoms with Gasteiger partial charge in [-0.05, 0) is 30.9 Å². The lowest BCUT2D eigenvalue weighted by atomic mass is 9.82. The molecule has 0 spiro atoms. The lowest BCUT2D eigenvalue weighted by Crippen LogP contribution is -2.41. The Kier molecular flexibility index (Phi) is 3.77. The molecule has 1 aliphatic heterocycles. The lowest BCUT2D eigenvalue weighted by Gasteiger charge is -2.35. The average molecular weight is 237 g/mol. The molecule has 1 atom stereocenters. The molecular weight excluding hydrogens is 218 g/mol. The number of hydrogen-bond acceptors (Lipinski definition) is 3. The quantitative estimate of drug-likeness (QED) is 0.818. The fourth-order valence-electron chi connectivity index (χ4n) is 2.27. The van der Waals surface area contributed by atoms with Gasteiger partial charge in [0.15, 0.2) is 0 Å². The van der Waals surface area contributed by atoms with E-state index in [1.165, 1.54) is 17.7 Å². The summed E-state index contributed by atoms with van der Waals surface area (Å²) >= 11 is 1.88. The summed E-state index contributed by atoms with van der Waals surface area (Å²) in [4.78, 5) is 0. The molecule has 0 aromatic heterocycles. The van der Waals surface area contributed by atoms with Crippen LogP contribution in [0.4, 0.5) is 0 Å². The fourth-order valence-corrected chi connectivity index (χ4v) is 2.71. The Bertz CT molecular complexity index is 356. The van der Waals surface area contributed by atoms with Crippen molar-refractivity contribution in [3.8, 4) is 5.75 Å². The number of thioether (sulfide) groups is 1. The van der Waals surface area contributed by atoms with E-state index >= 15 is 0 Å². The zero-order chi connectivity index (χ0) is 11.4. The topological polar surface area (TPSA) is 35.2 Å². The SMILES string of the molecule is CSCCCC1(N)CCOc2ccccc21. The second-order valence-electron chi connectivity index (χ2n) is 4.35. The predicted octanol–water partition coefficient (Wildman–Crippen LogP) is 2.77. The molecule has 1 heterocycles. The predicted molar refractivity (Wildman–Crippen MR) is 70.0 cm³/mol. The van der Waals surface area contributed by atoms with Crippen LogP contribution in [0.2, 0.25) is 0 Å². The number of nitrogens with two attached hydrogens (primary N) is 1. The number of rotatable bonds is 4. The van der Waals surface area contributed by atoms with Crippen LogP contribution in [0.25, 0.3) is 0 Å². The minimum atomic E-state index is -0.176. The molecule has 16 heavy (non-hydrogen) atoms. The zero-order valence-electron chi connectivity index (χ0n) is 9.74. The summed E-state index contributed by atoms with van der Waals surface area (Å²) in [5.41, 5.74) is 7.53. The molecule has 1 aromatic carbocycles. The summed E-state index contributed by atoms with van der Waals surface area (Å²) in [5.74, 6) is 2.16. The highest BCUT2D eigenvalue weighted by molar-refractivity contribution is 7.98. The molecule has 1 aromatic rings. The van der Waals surface area contributed by atoms with E-state index in [-0.39, 0.29) is 5.54 Å². The summed E-state index contributed by atoms with van der Waals surface area (Å²) in [7, 11) is 0. The Labute approximate surface area is 102 Å². The zero-order valence-corrected chi connectivity index (χ0v) is 10.6. The van der Waals surface area contributed by atoms with Crippen LogP contribution < -0.4 is 10.5 Å². The van der Waals surface area contributed by atoms with Gasteiger partial charge in [-0.15, -0.1) is 0 Å². The lowest BCUT2D eigenvalue weighted by molar-refractivity contribution is 0.208. The van der Waals surface area contributed by atoms with Gasteiger partial charge in [-0.1, -0.05) is 18.2 Å². The van der Waals surface area contributed by atoms with Gasteiger partial charge >= 0.3 is 0 Å². The van der Waals surface area contributed by atoms with Gasteiger partial charge in [-0.3, -0.25) is 0 Å². The Morgan fingerprint density at radius 1 is 1.44 bits per heavy atom. The number of benzene rings is 1. The third-order valence-corrected chi connectivity index (χ3v) is 3.90. The first kappa shape index (κ1) is 11.8. The van der Waals surface area contributed by atoms with Crippen LogP contribution in [-0.2, 0) is 5.54 Å². The standard InChI is InChI=1S/C13H19NOS/c1-16-10-4-7-13(14)8-9-15-12-6-3-2-5-11(12)13/h2-3,5-6H,4,7-10,14H2,1H3. The van der Waals surface area contributed by atoms with Gasteiger partial charge in [-0.25, -0.2) is 0 Å². The second kappa shape index (κ2) is 5.11.